The zero-order valence-corrected chi connectivity index (χ0v) is 14.1. The van der Waals surface area contributed by atoms with Gasteiger partial charge in [-0.25, -0.2) is 5.48 Å². The first-order valence-corrected chi connectivity index (χ1v) is 7.91. The van der Waals surface area contributed by atoms with E-state index in [1.807, 2.05) is 30.4 Å². The average Bonchev–Trinajstić information content (AvgIpc) is 3.16. The summed E-state index contributed by atoms with van der Waals surface area (Å²) in [5.74, 6) is -1.42. The van der Waals surface area contributed by atoms with Crippen LogP contribution < -0.4 is 10.8 Å². The Hall–Kier alpha value is -3.16. The number of nitrogens with one attached hydrogen (secondary N) is 2. The van der Waals surface area contributed by atoms with E-state index in [1.165, 1.54) is 12.4 Å². The van der Waals surface area contributed by atoms with Crippen molar-refractivity contribution in [3.63, 3.8) is 0 Å². The van der Waals surface area contributed by atoms with E-state index < -0.39 is 24.0 Å². The highest BCUT2D eigenvalue weighted by molar-refractivity contribution is 5.97. The van der Waals surface area contributed by atoms with Crippen molar-refractivity contribution in [2.24, 2.45) is 0 Å². The van der Waals surface area contributed by atoms with Gasteiger partial charge in [-0.3, -0.25) is 14.8 Å². The zero-order valence-electron chi connectivity index (χ0n) is 14.1. The van der Waals surface area contributed by atoms with Gasteiger partial charge in [0.15, 0.2) is 0 Å². The SMILES string of the molecule is C[C@@H](O)C(NC(=O)c1ccc(/C=C/C=C/c2ccoc2)cc1)C(=O)NO. The number of allylic oxidation sites excluding steroid dienone is 2. The maximum Gasteiger partial charge on any atom is 0.268 e. The van der Waals surface area contributed by atoms with Gasteiger partial charge >= 0.3 is 0 Å². The van der Waals surface area contributed by atoms with Crippen molar-refractivity contribution in [1.29, 1.82) is 0 Å². The van der Waals surface area contributed by atoms with E-state index in [4.69, 9.17) is 9.62 Å². The second-order valence-corrected chi connectivity index (χ2v) is 5.56. The lowest BCUT2D eigenvalue weighted by molar-refractivity contribution is -0.133. The molecule has 1 heterocycles. The summed E-state index contributed by atoms with van der Waals surface area (Å²) in [5.41, 5.74) is 3.59. The molecule has 136 valence electrons. The Labute approximate surface area is 150 Å². The highest BCUT2D eigenvalue weighted by Crippen LogP contribution is 2.08. The minimum absolute atomic E-state index is 0.326. The standard InChI is InChI=1S/C19H20N2O5/c1-13(22)17(19(24)21-25)20-18(23)16-8-6-14(7-9-16)4-2-3-5-15-10-11-26-12-15/h2-13,17,22,25H,1H3,(H,20,23)(H,21,24)/b4-2+,5-3+/t13-,17?/m1/s1. The smallest absolute Gasteiger partial charge is 0.268 e. The van der Waals surface area contributed by atoms with Crippen molar-refractivity contribution in [2.45, 2.75) is 19.1 Å². The molecule has 0 aliphatic carbocycles. The van der Waals surface area contributed by atoms with Crippen LogP contribution in [0.1, 0.15) is 28.4 Å². The van der Waals surface area contributed by atoms with E-state index in [0.717, 1.165) is 11.1 Å². The number of furan rings is 1. The molecule has 1 aromatic carbocycles. The number of aliphatic hydroxyl groups is 1. The zero-order chi connectivity index (χ0) is 18.9. The number of aliphatic hydroxyl groups excluding tert-OH is 1. The minimum Gasteiger partial charge on any atom is -0.472 e. The fraction of sp³-hybridized carbons (Fsp3) is 0.158. The van der Waals surface area contributed by atoms with Gasteiger partial charge in [0.05, 0.1) is 18.6 Å². The predicted octanol–water partition coefficient (Wildman–Crippen LogP) is 1.99. The van der Waals surface area contributed by atoms with Gasteiger partial charge in [0.2, 0.25) is 0 Å². The van der Waals surface area contributed by atoms with Crippen LogP contribution in [0.4, 0.5) is 0 Å². The Balaban J connectivity index is 1.97. The third kappa shape index (κ3) is 5.44. The predicted molar refractivity (Wildman–Crippen MR) is 96.1 cm³/mol. The van der Waals surface area contributed by atoms with Gasteiger partial charge in [-0.2, -0.15) is 0 Å². The first-order valence-electron chi connectivity index (χ1n) is 7.91. The summed E-state index contributed by atoms with van der Waals surface area (Å²) in [7, 11) is 0. The molecule has 26 heavy (non-hydrogen) atoms. The van der Waals surface area contributed by atoms with E-state index in [-0.39, 0.29) is 0 Å². The molecule has 2 atom stereocenters. The molecular weight excluding hydrogens is 336 g/mol. The summed E-state index contributed by atoms with van der Waals surface area (Å²) in [6, 6.07) is 7.30. The summed E-state index contributed by atoms with van der Waals surface area (Å²) in [4.78, 5) is 23.6. The van der Waals surface area contributed by atoms with Crippen molar-refractivity contribution in [1.82, 2.24) is 10.8 Å². The van der Waals surface area contributed by atoms with Crippen molar-refractivity contribution in [2.75, 3.05) is 0 Å². The third-order valence-corrected chi connectivity index (χ3v) is 3.57. The Kier molecular flexibility index (Phi) is 6.90. The summed E-state index contributed by atoms with van der Waals surface area (Å²) in [6.45, 7) is 1.34. The van der Waals surface area contributed by atoms with Crippen LogP contribution in [0.5, 0.6) is 0 Å². The molecule has 7 heteroatoms. The van der Waals surface area contributed by atoms with Crippen molar-refractivity contribution < 1.29 is 24.3 Å². The number of hydrogen-bond donors (Lipinski definition) is 4. The largest absolute Gasteiger partial charge is 0.472 e. The van der Waals surface area contributed by atoms with Crippen LogP contribution in [0.15, 0.2) is 59.4 Å². The lowest BCUT2D eigenvalue weighted by atomic mass is 10.1. The fourth-order valence-corrected chi connectivity index (χ4v) is 2.15. The first-order chi connectivity index (χ1) is 12.5. The molecule has 0 saturated heterocycles. The fourth-order valence-electron chi connectivity index (χ4n) is 2.15. The van der Waals surface area contributed by atoms with Crippen LogP contribution in [-0.2, 0) is 4.79 Å². The van der Waals surface area contributed by atoms with Crippen LogP contribution in [0, 0.1) is 0 Å². The second-order valence-electron chi connectivity index (χ2n) is 5.56. The van der Waals surface area contributed by atoms with E-state index in [0.29, 0.717) is 5.56 Å². The second kappa shape index (κ2) is 9.36. The quantitative estimate of drug-likeness (QED) is 0.344. The van der Waals surface area contributed by atoms with Gasteiger partial charge in [0, 0.05) is 11.1 Å². The molecule has 4 N–H and O–H groups in total. The number of amides is 2. The van der Waals surface area contributed by atoms with E-state index >= 15 is 0 Å². The van der Waals surface area contributed by atoms with Crippen LogP contribution >= 0.6 is 0 Å². The molecule has 2 amide bonds. The molecule has 0 aliphatic heterocycles. The maximum absolute atomic E-state index is 12.2. The molecule has 7 nitrogen and oxygen atoms in total. The topological polar surface area (TPSA) is 112 Å². The summed E-state index contributed by atoms with van der Waals surface area (Å²) in [6.07, 6.45) is 9.56. The number of rotatable bonds is 7. The number of benzene rings is 1. The van der Waals surface area contributed by atoms with Gasteiger partial charge in [0.25, 0.3) is 11.8 Å². The molecule has 0 bridgehead atoms. The lowest BCUT2D eigenvalue weighted by Gasteiger charge is -2.19. The first kappa shape index (κ1) is 19.2. The lowest BCUT2D eigenvalue weighted by Crippen LogP contribution is -2.51. The van der Waals surface area contributed by atoms with Crippen molar-refractivity contribution in [3.05, 3.63) is 71.7 Å². The number of hydroxylamine groups is 1. The van der Waals surface area contributed by atoms with Gasteiger partial charge < -0.3 is 14.8 Å². The van der Waals surface area contributed by atoms with E-state index in [9.17, 15) is 14.7 Å². The Morgan fingerprint density at radius 1 is 1.08 bits per heavy atom. The van der Waals surface area contributed by atoms with Gasteiger partial charge in [-0.05, 0) is 30.7 Å². The molecule has 0 saturated carbocycles. The summed E-state index contributed by atoms with van der Waals surface area (Å²) >= 11 is 0. The Morgan fingerprint density at radius 2 is 1.73 bits per heavy atom. The summed E-state index contributed by atoms with van der Waals surface area (Å²) in [5, 5.41) is 20.6. The Bertz CT molecular complexity index is 777. The molecular formula is C19H20N2O5. The van der Waals surface area contributed by atoms with E-state index in [2.05, 4.69) is 5.32 Å². The number of carbonyl (C=O) groups is 2. The van der Waals surface area contributed by atoms with Gasteiger partial charge in [-0.1, -0.05) is 36.4 Å². The van der Waals surface area contributed by atoms with Crippen LogP contribution in [-0.4, -0.2) is 34.3 Å². The maximum atomic E-state index is 12.2. The van der Waals surface area contributed by atoms with Crippen LogP contribution in [0.25, 0.3) is 12.2 Å². The van der Waals surface area contributed by atoms with Gasteiger partial charge in [-0.15, -0.1) is 0 Å². The molecule has 1 aromatic heterocycles. The van der Waals surface area contributed by atoms with E-state index in [1.54, 1.807) is 36.8 Å². The number of carbonyl (C=O) groups excluding carboxylic acids is 2. The average molecular weight is 356 g/mol. The minimum atomic E-state index is -1.25. The van der Waals surface area contributed by atoms with Crippen LogP contribution in [0.3, 0.4) is 0 Å². The molecule has 1 unspecified atom stereocenters. The van der Waals surface area contributed by atoms with Gasteiger partial charge in [0.1, 0.15) is 6.04 Å². The summed E-state index contributed by atoms with van der Waals surface area (Å²) < 4.78 is 4.96. The Morgan fingerprint density at radius 3 is 2.27 bits per heavy atom. The third-order valence-electron chi connectivity index (χ3n) is 3.57. The monoisotopic (exact) mass is 356 g/mol. The molecule has 0 radical (unpaired) electrons. The normalized spacial score (nSPS) is 13.7. The van der Waals surface area contributed by atoms with Crippen LogP contribution in [0.2, 0.25) is 0 Å². The molecule has 0 fully saturated rings. The van der Waals surface area contributed by atoms with Crippen molar-refractivity contribution in [3.8, 4) is 0 Å². The molecule has 0 spiro atoms. The highest BCUT2D eigenvalue weighted by atomic mass is 16.5. The molecule has 2 rings (SSSR count). The highest BCUT2D eigenvalue weighted by Gasteiger charge is 2.25. The molecule has 0 aliphatic rings. The van der Waals surface area contributed by atoms with Crippen molar-refractivity contribution >= 4 is 24.0 Å². The molecule has 2 aromatic rings. The number of hydrogen-bond acceptors (Lipinski definition) is 5.